The largest absolute Gasteiger partial charge is 0.486 e. The second kappa shape index (κ2) is 7.49. The molecule has 1 saturated carbocycles. The van der Waals surface area contributed by atoms with E-state index in [-0.39, 0.29) is 11.1 Å². The highest BCUT2D eigenvalue weighted by atomic mass is 79.9. The van der Waals surface area contributed by atoms with Crippen LogP contribution in [0.15, 0.2) is 22.7 Å². The van der Waals surface area contributed by atoms with Crippen molar-refractivity contribution in [3.05, 3.63) is 32.8 Å². The Morgan fingerprint density at radius 1 is 1.29 bits per heavy atom. The summed E-state index contributed by atoms with van der Waals surface area (Å²) in [6.07, 6.45) is 7.06. The van der Waals surface area contributed by atoms with Gasteiger partial charge < -0.3 is 4.74 Å². The molecule has 1 aromatic carbocycles. The van der Waals surface area contributed by atoms with Crippen LogP contribution in [-0.2, 0) is 0 Å². The van der Waals surface area contributed by atoms with Crippen molar-refractivity contribution in [2.24, 2.45) is 5.41 Å². The van der Waals surface area contributed by atoms with Gasteiger partial charge in [-0.3, -0.25) is 10.1 Å². The number of nitro benzene ring substituents is 1. The Hall–Kier alpha value is -0.750. The molecule has 0 atom stereocenters. The number of rotatable bonds is 5. The van der Waals surface area contributed by atoms with Crippen molar-refractivity contribution in [2.75, 3.05) is 12.4 Å². The number of nitro groups is 1. The Kier molecular flexibility index (Phi) is 5.93. The van der Waals surface area contributed by atoms with E-state index in [4.69, 9.17) is 4.74 Å². The molecule has 2 rings (SSSR count). The van der Waals surface area contributed by atoms with Gasteiger partial charge in [-0.1, -0.05) is 41.6 Å². The molecule has 1 aliphatic rings. The van der Waals surface area contributed by atoms with E-state index in [2.05, 4.69) is 28.6 Å². The van der Waals surface area contributed by atoms with Gasteiger partial charge in [0.2, 0.25) is 0 Å². The maximum Gasteiger partial charge on any atom is 0.312 e. The van der Waals surface area contributed by atoms with Gasteiger partial charge in [0, 0.05) is 16.0 Å². The fraction of sp³-hybridized carbons (Fsp3) is 0.600. The Labute approximate surface area is 138 Å². The first-order valence-corrected chi connectivity index (χ1v) is 8.66. The molecule has 116 valence electrons. The lowest BCUT2D eigenvalue weighted by atomic mass is 9.83. The van der Waals surface area contributed by atoms with E-state index in [1.165, 1.54) is 31.7 Å². The van der Waals surface area contributed by atoms with Crippen LogP contribution in [0.5, 0.6) is 5.75 Å². The molecule has 0 spiro atoms. The van der Waals surface area contributed by atoms with Crippen LogP contribution in [0.25, 0.3) is 0 Å². The van der Waals surface area contributed by atoms with Gasteiger partial charge in [-0.05, 0) is 30.7 Å². The average Bonchev–Trinajstić information content (AvgIpc) is 2.72. The SMILES string of the molecule is O=[N+]([O-])c1cc(Br)ccc1OCC1(CS)CCCCCC1. The number of thiol groups is 1. The van der Waals surface area contributed by atoms with Gasteiger partial charge in [0.15, 0.2) is 5.75 Å². The summed E-state index contributed by atoms with van der Waals surface area (Å²) in [5.41, 5.74) is 0.0490. The smallest absolute Gasteiger partial charge is 0.312 e. The first-order chi connectivity index (χ1) is 10.1. The van der Waals surface area contributed by atoms with Gasteiger partial charge in [0.25, 0.3) is 0 Å². The molecule has 1 fully saturated rings. The molecule has 0 heterocycles. The van der Waals surface area contributed by atoms with Crippen LogP contribution in [0, 0.1) is 15.5 Å². The van der Waals surface area contributed by atoms with Crippen molar-refractivity contribution in [3.8, 4) is 5.75 Å². The van der Waals surface area contributed by atoms with Crippen LogP contribution < -0.4 is 4.74 Å². The molecular weight excluding hydrogens is 354 g/mol. The van der Waals surface area contributed by atoms with E-state index < -0.39 is 4.92 Å². The van der Waals surface area contributed by atoms with Crippen molar-refractivity contribution in [1.82, 2.24) is 0 Å². The second-order valence-electron chi connectivity index (χ2n) is 5.73. The fourth-order valence-corrected chi connectivity index (χ4v) is 3.57. The van der Waals surface area contributed by atoms with Gasteiger partial charge in [0.05, 0.1) is 11.5 Å². The van der Waals surface area contributed by atoms with Gasteiger partial charge in [-0.15, -0.1) is 0 Å². The molecule has 0 unspecified atom stereocenters. The van der Waals surface area contributed by atoms with Crippen LogP contribution >= 0.6 is 28.6 Å². The summed E-state index contributed by atoms with van der Waals surface area (Å²) in [6, 6.07) is 4.91. The zero-order chi connectivity index (χ0) is 15.3. The third kappa shape index (κ3) is 4.36. The Balaban J connectivity index is 2.12. The minimum absolute atomic E-state index is 0.00677. The van der Waals surface area contributed by atoms with Crippen molar-refractivity contribution >= 4 is 34.2 Å². The minimum Gasteiger partial charge on any atom is -0.486 e. The average molecular weight is 374 g/mol. The number of benzene rings is 1. The van der Waals surface area contributed by atoms with Gasteiger partial charge >= 0.3 is 5.69 Å². The van der Waals surface area contributed by atoms with E-state index in [9.17, 15) is 10.1 Å². The lowest BCUT2D eigenvalue weighted by Gasteiger charge is -2.30. The summed E-state index contributed by atoms with van der Waals surface area (Å²) < 4.78 is 6.51. The van der Waals surface area contributed by atoms with Crippen LogP contribution in [0.1, 0.15) is 38.5 Å². The van der Waals surface area contributed by atoms with E-state index in [1.54, 1.807) is 12.1 Å². The summed E-state index contributed by atoms with van der Waals surface area (Å²) in [7, 11) is 0. The zero-order valence-corrected chi connectivity index (χ0v) is 14.4. The number of halogens is 1. The summed E-state index contributed by atoms with van der Waals surface area (Å²) in [5, 5.41) is 11.1. The molecule has 0 N–H and O–H groups in total. The second-order valence-corrected chi connectivity index (χ2v) is 6.96. The minimum atomic E-state index is -0.402. The van der Waals surface area contributed by atoms with Gasteiger partial charge in [-0.25, -0.2) is 0 Å². The predicted molar refractivity (Wildman–Crippen MR) is 90.3 cm³/mol. The highest BCUT2D eigenvalue weighted by molar-refractivity contribution is 9.10. The standard InChI is InChI=1S/C15H20BrNO3S/c16-12-5-6-14(13(9-12)17(18)19)20-10-15(11-21)7-3-1-2-4-8-15/h5-6,9,21H,1-4,7-8,10-11H2. The normalized spacial score (nSPS) is 18.0. The molecule has 4 nitrogen and oxygen atoms in total. The van der Waals surface area contributed by atoms with Gasteiger partial charge in [0.1, 0.15) is 0 Å². The summed E-state index contributed by atoms with van der Waals surface area (Å²) in [6.45, 7) is 0.499. The molecule has 0 bridgehead atoms. The number of hydrogen-bond acceptors (Lipinski definition) is 4. The van der Waals surface area contributed by atoms with E-state index in [0.29, 0.717) is 16.8 Å². The number of ether oxygens (including phenoxy) is 1. The van der Waals surface area contributed by atoms with Crippen LogP contribution in [0.3, 0.4) is 0 Å². The molecule has 0 aliphatic heterocycles. The molecule has 0 aromatic heterocycles. The third-order valence-corrected chi connectivity index (χ3v) is 5.32. The maximum atomic E-state index is 11.1. The quantitative estimate of drug-likeness (QED) is 0.341. The van der Waals surface area contributed by atoms with E-state index in [0.717, 1.165) is 18.6 Å². The highest BCUT2D eigenvalue weighted by Gasteiger charge is 2.31. The predicted octanol–water partition coefficient (Wildman–Crippen LogP) is 5.01. The van der Waals surface area contributed by atoms with Crippen molar-refractivity contribution < 1.29 is 9.66 Å². The van der Waals surface area contributed by atoms with E-state index in [1.807, 2.05) is 0 Å². The molecular formula is C15H20BrNO3S. The van der Waals surface area contributed by atoms with Crippen LogP contribution in [0.4, 0.5) is 5.69 Å². The first-order valence-electron chi connectivity index (χ1n) is 7.24. The molecule has 1 aliphatic carbocycles. The fourth-order valence-electron chi connectivity index (χ4n) is 2.81. The van der Waals surface area contributed by atoms with Crippen LogP contribution in [-0.4, -0.2) is 17.3 Å². The first kappa shape index (κ1) is 16.6. The molecule has 0 saturated heterocycles. The summed E-state index contributed by atoms with van der Waals surface area (Å²) in [4.78, 5) is 10.7. The monoisotopic (exact) mass is 373 g/mol. The Bertz CT molecular complexity index is 502. The van der Waals surface area contributed by atoms with Crippen molar-refractivity contribution in [3.63, 3.8) is 0 Å². The highest BCUT2D eigenvalue weighted by Crippen LogP contribution is 2.38. The number of nitrogens with zero attached hydrogens (tertiary/aromatic N) is 1. The lowest BCUT2D eigenvalue weighted by Crippen LogP contribution is -2.30. The molecule has 6 heteroatoms. The Morgan fingerprint density at radius 2 is 1.95 bits per heavy atom. The molecule has 0 radical (unpaired) electrons. The lowest BCUT2D eigenvalue weighted by molar-refractivity contribution is -0.386. The van der Waals surface area contributed by atoms with E-state index >= 15 is 0 Å². The van der Waals surface area contributed by atoms with Gasteiger partial charge in [-0.2, -0.15) is 12.6 Å². The molecule has 0 amide bonds. The van der Waals surface area contributed by atoms with Crippen LogP contribution in [0.2, 0.25) is 0 Å². The summed E-state index contributed by atoms with van der Waals surface area (Å²) in [5.74, 6) is 1.10. The zero-order valence-electron chi connectivity index (χ0n) is 11.9. The topological polar surface area (TPSA) is 52.4 Å². The molecule has 21 heavy (non-hydrogen) atoms. The third-order valence-electron chi connectivity index (χ3n) is 4.15. The Morgan fingerprint density at radius 3 is 2.52 bits per heavy atom. The maximum absolute atomic E-state index is 11.1. The summed E-state index contributed by atoms with van der Waals surface area (Å²) >= 11 is 7.76. The van der Waals surface area contributed by atoms with Crippen molar-refractivity contribution in [1.29, 1.82) is 0 Å². The van der Waals surface area contributed by atoms with Crippen molar-refractivity contribution in [2.45, 2.75) is 38.5 Å². The number of hydrogen-bond donors (Lipinski definition) is 1. The molecule has 1 aromatic rings.